The lowest BCUT2D eigenvalue weighted by Crippen LogP contribution is -2.40. The van der Waals surface area contributed by atoms with Crippen LogP contribution in [0.2, 0.25) is 10.0 Å². The van der Waals surface area contributed by atoms with Gasteiger partial charge >= 0.3 is 0 Å². The molecule has 0 unspecified atom stereocenters. The predicted octanol–water partition coefficient (Wildman–Crippen LogP) is 5.05. The van der Waals surface area contributed by atoms with E-state index >= 15 is 0 Å². The van der Waals surface area contributed by atoms with E-state index in [1.165, 1.54) is 10.9 Å². The van der Waals surface area contributed by atoms with Crippen molar-refractivity contribution in [2.24, 2.45) is 7.05 Å². The number of benzene rings is 2. The highest BCUT2D eigenvalue weighted by molar-refractivity contribution is 6.38. The zero-order chi connectivity index (χ0) is 23.0. The Labute approximate surface area is 198 Å². The van der Waals surface area contributed by atoms with Crippen molar-refractivity contribution in [2.75, 3.05) is 33.4 Å². The second kappa shape index (κ2) is 9.18. The number of halogens is 2. The minimum atomic E-state index is -0.0840. The van der Waals surface area contributed by atoms with Crippen LogP contribution in [0.1, 0.15) is 32.7 Å². The summed E-state index contributed by atoms with van der Waals surface area (Å²) in [5.41, 5.74) is 6.52. The molecule has 1 aliphatic heterocycles. The molecular weight excluding hydrogens is 445 g/mol. The fourth-order valence-electron chi connectivity index (χ4n) is 4.19. The van der Waals surface area contributed by atoms with Crippen molar-refractivity contribution in [1.82, 2.24) is 14.8 Å². The summed E-state index contributed by atoms with van der Waals surface area (Å²) in [6.07, 6.45) is 0.523. The van der Waals surface area contributed by atoms with E-state index in [4.69, 9.17) is 27.9 Å². The number of ether oxygens (including phenoxy) is 1. The van der Waals surface area contributed by atoms with Crippen molar-refractivity contribution in [3.05, 3.63) is 74.9 Å². The quantitative estimate of drug-likeness (QED) is 0.566. The van der Waals surface area contributed by atoms with Crippen LogP contribution in [-0.2, 0) is 18.2 Å². The van der Waals surface area contributed by atoms with Crippen molar-refractivity contribution in [3.8, 4) is 0 Å². The Balaban J connectivity index is 1.72. The summed E-state index contributed by atoms with van der Waals surface area (Å²) in [6, 6.07) is 9.91. The van der Waals surface area contributed by atoms with Gasteiger partial charge in [0.25, 0.3) is 5.91 Å². The number of nitrogens with one attached hydrogen (secondary N) is 1. The van der Waals surface area contributed by atoms with E-state index in [0.29, 0.717) is 48.3 Å². The Morgan fingerprint density at radius 1 is 1.19 bits per heavy atom. The maximum absolute atomic E-state index is 13.0. The standard InChI is InChI=1S/C25H27Cl2N3O2/c1-15-11-17(16(2)28-3)12-23-20(15)13-18(29(23)4)14-21-22(26)6-5-19(24(21)27)25(31)30-7-9-32-10-8-30/h5-6,11-13,28H,2,7-10,14H2,1,3-4H3. The molecule has 0 aliphatic carbocycles. The maximum Gasteiger partial charge on any atom is 0.255 e. The van der Waals surface area contributed by atoms with E-state index in [1.807, 2.05) is 14.1 Å². The molecule has 0 bridgehead atoms. The summed E-state index contributed by atoms with van der Waals surface area (Å²) >= 11 is 13.3. The lowest BCUT2D eigenvalue weighted by Gasteiger charge is -2.27. The minimum Gasteiger partial charge on any atom is -0.388 e. The zero-order valence-corrected chi connectivity index (χ0v) is 20.1. The number of aromatic nitrogens is 1. The molecule has 2 aromatic carbocycles. The Morgan fingerprint density at radius 3 is 2.59 bits per heavy atom. The number of hydrogen-bond acceptors (Lipinski definition) is 3. The summed E-state index contributed by atoms with van der Waals surface area (Å²) in [6.45, 7) is 8.40. The average Bonchev–Trinajstić information content (AvgIpc) is 3.12. The lowest BCUT2D eigenvalue weighted by molar-refractivity contribution is 0.0303. The van der Waals surface area contributed by atoms with Gasteiger partial charge in [0.2, 0.25) is 0 Å². The van der Waals surface area contributed by atoms with Crippen LogP contribution < -0.4 is 5.32 Å². The lowest BCUT2D eigenvalue weighted by atomic mass is 10.0. The van der Waals surface area contributed by atoms with Gasteiger partial charge in [0.15, 0.2) is 0 Å². The molecule has 1 N–H and O–H groups in total. The normalized spacial score (nSPS) is 14.1. The molecule has 32 heavy (non-hydrogen) atoms. The highest BCUT2D eigenvalue weighted by Gasteiger charge is 2.23. The van der Waals surface area contributed by atoms with Crippen molar-refractivity contribution in [1.29, 1.82) is 0 Å². The van der Waals surface area contributed by atoms with Crippen molar-refractivity contribution in [3.63, 3.8) is 0 Å². The highest BCUT2D eigenvalue weighted by atomic mass is 35.5. The smallest absolute Gasteiger partial charge is 0.255 e. The predicted molar refractivity (Wildman–Crippen MR) is 132 cm³/mol. The maximum atomic E-state index is 13.0. The third kappa shape index (κ3) is 4.13. The van der Waals surface area contributed by atoms with Crippen molar-refractivity contribution in [2.45, 2.75) is 13.3 Å². The number of amides is 1. The number of carbonyl (C=O) groups is 1. The summed E-state index contributed by atoms with van der Waals surface area (Å²) < 4.78 is 7.51. The van der Waals surface area contributed by atoms with E-state index in [0.717, 1.165) is 28.0 Å². The molecule has 7 heteroatoms. The number of rotatable bonds is 5. The monoisotopic (exact) mass is 471 g/mol. The number of hydrogen-bond donors (Lipinski definition) is 1. The molecule has 2 heterocycles. The molecule has 1 saturated heterocycles. The fraction of sp³-hybridized carbons (Fsp3) is 0.320. The Hall–Kier alpha value is -2.47. The molecule has 0 spiro atoms. The third-order valence-electron chi connectivity index (χ3n) is 6.19. The molecule has 3 aromatic rings. The minimum absolute atomic E-state index is 0.0840. The van der Waals surface area contributed by atoms with Crippen molar-refractivity contribution < 1.29 is 9.53 Å². The van der Waals surface area contributed by atoms with Crippen LogP contribution in [0.25, 0.3) is 16.6 Å². The van der Waals surface area contributed by atoms with Crippen LogP contribution >= 0.6 is 23.2 Å². The van der Waals surface area contributed by atoms with Gasteiger partial charge in [-0.25, -0.2) is 0 Å². The highest BCUT2D eigenvalue weighted by Crippen LogP contribution is 2.33. The molecule has 0 radical (unpaired) electrons. The fourth-order valence-corrected chi connectivity index (χ4v) is 4.78. The second-order valence-electron chi connectivity index (χ2n) is 8.12. The topological polar surface area (TPSA) is 46.5 Å². The zero-order valence-electron chi connectivity index (χ0n) is 18.6. The molecule has 4 rings (SSSR count). The van der Waals surface area contributed by atoms with Crippen molar-refractivity contribution >= 4 is 45.7 Å². The van der Waals surface area contributed by atoms with Gasteiger partial charge in [0.05, 0.1) is 23.8 Å². The molecule has 168 valence electrons. The summed E-state index contributed by atoms with van der Waals surface area (Å²) in [5.74, 6) is -0.0840. The Bertz CT molecular complexity index is 1210. The average molecular weight is 472 g/mol. The van der Waals surface area contributed by atoms with Gasteiger partial charge in [-0.05, 0) is 53.9 Å². The first-order valence-electron chi connectivity index (χ1n) is 10.6. The SMILES string of the molecule is C=C(NC)c1cc(C)c2cc(Cc3c(Cl)ccc(C(=O)N4CCOCC4)c3Cl)n(C)c2c1. The molecule has 5 nitrogen and oxygen atoms in total. The van der Waals surface area contributed by atoms with E-state index in [-0.39, 0.29) is 5.91 Å². The summed E-state index contributed by atoms with van der Waals surface area (Å²) in [5, 5.41) is 5.26. The molecule has 0 atom stereocenters. The van der Waals surface area contributed by atoms with Gasteiger partial charge in [-0.1, -0.05) is 29.8 Å². The third-order valence-corrected chi connectivity index (χ3v) is 6.98. The largest absolute Gasteiger partial charge is 0.388 e. The van der Waals surface area contributed by atoms with Gasteiger partial charge in [-0.15, -0.1) is 0 Å². The Kier molecular flexibility index (Phi) is 6.52. The number of morpholine rings is 1. The Morgan fingerprint density at radius 2 is 1.91 bits per heavy atom. The first kappa shape index (κ1) is 22.7. The molecule has 1 aliphatic rings. The van der Waals surface area contributed by atoms with Gasteiger partial charge in [-0.2, -0.15) is 0 Å². The molecule has 1 fully saturated rings. The van der Waals surface area contributed by atoms with Crippen LogP contribution in [-0.4, -0.2) is 48.7 Å². The van der Waals surface area contributed by atoms with Crippen LogP contribution in [0.4, 0.5) is 0 Å². The van der Waals surface area contributed by atoms with Crippen LogP contribution in [0.3, 0.4) is 0 Å². The first-order valence-corrected chi connectivity index (χ1v) is 11.4. The summed E-state index contributed by atoms with van der Waals surface area (Å²) in [7, 11) is 3.90. The first-order chi connectivity index (χ1) is 15.3. The van der Waals surface area contributed by atoms with E-state index < -0.39 is 0 Å². The number of carbonyl (C=O) groups excluding carboxylic acids is 1. The summed E-state index contributed by atoms with van der Waals surface area (Å²) in [4.78, 5) is 14.8. The van der Waals surface area contributed by atoms with Gasteiger partial charge in [-0.3, -0.25) is 4.79 Å². The molecule has 0 saturated carbocycles. The van der Waals surface area contributed by atoms with Gasteiger partial charge in [0.1, 0.15) is 0 Å². The number of aryl methyl sites for hydroxylation is 2. The van der Waals surface area contributed by atoms with Crippen LogP contribution in [0.5, 0.6) is 0 Å². The molecule has 1 aromatic heterocycles. The number of nitrogens with zero attached hydrogens (tertiary/aromatic N) is 2. The van der Waals surface area contributed by atoms with E-state index in [9.17, 15) is 4.79 Å². The van der Waals surface area contributed by atoms with Crippen LogP contribution in [0, 0.1) is 6.92 Å². The second-order valence-corrected chi connectivity index (χ2v) is 8.90. The van der Waals surface area contributed by atoms with Gasteiger partial charge < -0.3 is 19.5 Å². The molecular formula is C25H27Cl2N3O2. The number of fused-ring (bicyclic) bond motifs is 1. The van der Waals surface area contributed by atoms with Gasteiger partial charge in [0, 0.05) is 60.9 Å². The van der Waals surface area contributed by atoms with E-state index in [2.05, 4.69) is 41.6 Å². The molecule has 1 amide bonds. The van der Waals surface area contributed by atoms with Crippen LogP contribution in [0.15, 0.2) is 36.9 Å². The van der Waals surface area contributed by atoms with E-state index in [1.54, 1.807) is 17.0 Å².